The van der Waals surface area contributed by atoms with E-state index in [2.05, 4.69) is 18.2 Å². The molecule has 1 aliphatic carbocycles. The van der Waals surface area contributed by atoms with Gasteiger partial charge in [-0.3, -0.25) is 4.31 Å². The zero-order valence-electron chi connectivity index (χ0n) is 11.2. The molecule has 0 radical (unpaired) electrons. The zero-order chi connectivity index (χ0) is 13.9. The predicted octanol–water partition coefficient (Wildman–Crippen LogP) is 2.85. The second-order valence-corrected chi connectivity index (χ2v) is 7.43. The molecule has 2 aromatic rings. The summed E-state index contributed by atoms with van der Waals surface area (Å²) in [5.74, 6) is 0.248. The Kier molecular flexibility index (Phi) is 2.31. The van der Waals surface area contributed by atoms with Gasteiger partial charge in [-0.25, -0.2) is 8.42 Å². The molecule has 20 heavy (non-hydrogen) atoms. The zero-order valence-corrected chi connectivity index (χ0v) is 12.0. The van der Waals surface area contributed by atoms with Gasteiger partial charge in [-0.1, -0.05) is 42.5 Å². The number of rotatable bonds is 1. The van der Waals surface area contributed by atoms with Crippen molar-refractivity contribution in [2.24, 2.45) is 0 Å². The van der Waals surface area contributed by atoms with Crippen LogP contribution in [-0.2, 0) is 16.4 Å². The molecule has 2 aromatic carbocycles. The summed E-state index contributed by atoms with van der Waals surface area (Å²) in [7, 11) is -3.28. The minimum atomic E-state index is -3.28. The van der Waals surface area contributed by atoms with Crippen LogP contribution >= 0.6 is 0 Å². The van der Waals surface area contributed by atoms with Crippen LogP contribution in [0.25, 0.3) is 0 Å². The van der Waals surface area contributed by atoms with Gasteiger partial charge < -0.3 is 0 Å². The summed E-state index contributed by atoms with van der Waals surface area (Å²) in [6.07, 6.45) is 2.22. The van der Waals surface area contributed by atoms with Crippen LogP contribution in [0.1, 0.15) is 28.7 Å². The molecule has 3 nitrogen and oxygen atoms in total. The number of fused-ring (bicyclic) bond motifs is 5. The molecule has 0 N–H and O–H groups in total. The Balaban J connectivity index is 1.98. The first kappa shape index (κ1) is 12.0. The van der Waals surface area contributed by atoms with Crippen molar-refractivity contribution in [3.63, 3.8) is 0 Å². The number of hydrogen-bond acceptors (Lipinski definition) is 2. The van der Waals surface area contributed by atoms with Gasteiger partial charge in [0, 0.05) is 5.92 Å². The predicted molar refractivity (Wildman–Crippen MR) is 79.4 cm³/mol. The van der Waals surface area contributed by atoms with Gasteiger partial charge in [0.15, 0.2) is 0 Å². The summed E-state index contributed by atoms with van der Waals surface area (Å²) >= 11 is 0. The van der Waals surface area contributed by atoms with Gasteiger partial charge in [0.05, 0.1) is 18.0 Å². The molecule has 4 rings (SSSR count). The molecule has 2 atom stereocenters. The first-order valence-corrected chi connectivity index (χ1v) is 8.58. The van der Waals surface area contributed by atoms with Gasteiger partial charge in [0.2, 0.25) is 10.0 Å². The summed E-state index contributed by atoms with van der Waals surface area (Å²) in [5, 5.41) is 0. The molecule has 0 fully saturated rings. The SMILES string of the molecule is CS(=O)(=O)N1c2ccccc2[C@@H]2Cc3ccccc3[C@@H]21. The van der Waals surface area contributed by atoms with Crippen LogP contribution in [-0.4, -0.2) is 14.7 Å². The van der Waals surface area contributed by atoms with E-state index in [1.807, 2.05) is 30.3 Å². The second kappa shape index (κ2) is 3.85. The molecule has 2 aliphatic rings. The van der Waals surface area contributed by atoms with Gasteiger partial charge in [0.25, 0.3) is 0 Å². The largest absolute Gasteiger partial charge is 0.262 e. The van der Waals surface area contributed by atoms with Crippen LogP contribution < -0.4 is 4.31 Å². The maximum atomic E-state index is 12.3. The molecule has 1 heterocycles. The van der Waals surface area contributed by atoms with Crippen molar-refractivity contribution in [1.29, 1.82) is 0 Å². The summed E-state index contributed by atoms with van der Waals surface area (Å²) in [4.78, 5) is 0. The fourth-order valence-corrected chi connectivity index (χ4v) is 4.88. The Morgan fingerprint density at radius 2 is 1.65 bits per heavy atom. The summed E-state index contributed by atoms with van der Waals surface area (Å²) < 4.78 is 26.2. The van der Waals surface area contributed by atoms with Crippen molar-refractivity contribution in [1.82, 2.24) is 0 Å². The van der Waals surface area contributed by atoms with Gasteiger partial charge in [-0.2, -0.15) is 0 Å². The standard InChI is InChI=1S/C16H15NO2S/c1-20(18,19)17-15-9-5-4-8-13(15)14-10-11-6-2-3-7-12(11)16(14)17/h2-9,14,16H,10H2,1H3/t14-,16-/m0/s1. The Morgan fingerprint density at radius 3 is 2.40 bits per heavy atom. The number of sulfonamides is 1. The lowest BCUT2D eigenvalue weighted by Gasteiger charge is -2.25. The van der Waals surface area contributed by atoms with Crippen molar-refractivity contribution in [2.45, 2.75) is 18.4 Å². The molecular weight excluding hydrogens is 270 g/mol. The highest BCUT2D eigenvalue weighted by Gasteiger charge is 2.47. The van der Waals surface area contributed by atoms with E-state index in [0.717, 1.165) is 23.2 Å². The van der Waals surface area contributed by atoms with Crippen LogP contribution in [0.3, 0.4) is 0 Å². The molecular formula is C16H15NO2S. The first-order valence-electron chi connectivity index (χ1n) is 6.73. The van der Waals surface area contributed by atoms with Crippen molar-refractivity contribution in [3.05, 3.63) is 65.2 Å². The Morgan fingerprint density at radius 1 is 1.00 bits per heavy atom. The van der Waals surface area contributed by atoms with Gasteiger partial charge >= 0.3 is 0 Å². The van der Waals surface area contributed by atoms with E-state index >= 15 is 0 Å². The summed E-state index contributed by atoms with van der Waals surface area (Å²) in [6, 6.07) is 16.0. The number of benzene rings is 2. The molecule has 1 aliphatic heterocycles. The van der Waals surface area contributed by atoms with Crippen molar-refractivity contribution in [3.8, 4) is 0 Å². The topological polar surface area (TPSA) is 37.4 Å². The van der Waals surface area contributed by atoms with Crippen LogP contribution in [0.5, 0.6) is 0 Å². The molecule has 0 bridgehead atoms. The third-order valence-electron chi connectivity index (χ3n) is 4.38. The fourth-order valence-electron chi connectivity index (χ4n) is 3.68. The number of nitrogens with zero attached hydrogens (tertiary/aromatic N) is 1. The van der Waals surface area contributed by atoms with E-state index < -0.39 is 10.0 Å². The molecule has 0 saturated heterocycles. The highest BCUT2D eigenvalue weighted by molar-refractivity contribution is 7.92. The van der Waals surface area contributed by atoms with Gasteiger partial charge in [0.1, 0.15) is 0 Å². The quantitative estimate of drug-likeness (QED) is 0.808. The smallest absolute Gasteiger partial charge is 0.232 e. The number of anilines is 1. The van der Waals surface area contributed by atoms with Gasteiger partial charge in [-0.05, 0) is 29.2 Å². The van der Waals surface area contributed by atoms with Crippen molar-refractivity contribution >= 4 is 15.7 Å². The number of para-hydroxylation sites is 1. The summed E-state index contributed by atoms with van der Waals surface area (Å²) in [6.45, 7) is 0. The lowest BCUT2D eigenvalue weighted by atomic mass is 9.96. The normalized spacial score (nSPS) is 23.4. The van der Waals surface area contributed by atoms with E-state index in [9.17, 15) is 8.42 Å². The highest BCUT2D eigenvalue weighted by Crippen LogP contribution is 2.55. The maximum Gasteiger partial charge on any atom is 0.232 e. The Labute approximate surface area is 118 Å². The first-order chi connectivity index (χ1) is 9.57. The molecule has 0 unspecified atom stereocenters. The fraction of sp³-hybridized carbons (Fsp3) is 0.250. The Bertz CT molecular complexity index is 798. The molecule has 0 saturated carbocycles. The number of hydrogen-bond donors (Lipinski definition) is 0. The van der Waals surface area contributed by atoms with Crippen molar-refractivity contribution < 1.29 is 8.42 Å². The lowest BCUT2D eigenvalue weighted by Crippen LogP contribution is -2.31. The third kappa shape index (κ3) is 1.48. The molecule has 0 aromatic heterocycles. The minimum absolute atomic E-state index is 0.0707. The average molecular weight is 285 g/mol. The highest BCUT2D eigenvalue weighted by atomic mass is 32.2. The van der Waals surface area contributed by atoms with Crippen LogP contribution in [0.15, 0.2) is 48.5 Å². The average Bonchev–Trinajstić information content (AvgIpc) is 2.92. The van der Waals surface area contributed by atoms with Gasteiger partial charge in [-0.15, -0.1) is 0 Å². The maximum absolute atomic E-state index is 12.3. The van der Waals surface area contributed by atoms with Crippen molar-refractivity contribution in [2.75, 3.05) is 10.6 Å². The minimum Gasteiger partial charge on any atom is -0.262 e. The van der Waals surface area contributed by atoms with Crippen LogP contribution in [0, 0.1) is 0 Å². The monoisotopic (exact) mass is 285 g/mol. The Hall–Kier alpha value is -1.81. The van der Waals surface area contributed by atoms with E-state index in [1.54, 1.807) is 4.31 Å². The molecule has 0 amide bonds. The summed E-state index contributed by atoms with van der Waals surface area (Å²) in [5.41, 5.74) is 4.42. The van der Waals surface area contributed by atoms with E-state index in [4.69, 9.17) is 0 Å². The van der Waals surface area contributed by atoms with E-state index in [0.29, 0.717) is 0 Å². The van der Waals surface area contributed by atoms with Crippen LogP contribution in [0.4, 0.5) is 5.69 Å². The third-order valence-corrected chi connectivity index (χ3v) is 5.52. The molecule has 102 valence electrons. The van der Waals surface area contributed by atoms with E-state index in [1.165, 1.54) is 11.8 Å². The molecule has 4 heteroatoms. The second-order valence-electron chi connectivity index (χ2n) is 5.57. The van der Waals surface area contributed by atoms with E-state index in [-0.39, 0.29) is 12.0 Å². The van der Waals surface area contributed by atoms with Crippen LogP contribution in [0.2, 0.25) is 0 Å². The molecule has 0 spiro atoms. The lowest BCUT2D eigenvalue weighted by molar-refractivity contribution is 0.576.